The van der Waals surface area contributed by atoms with Crippen LogP contribution in [0.15, 0.2) is 11.1 Å². The van der Waals surface area contributed by atoms with Crippen LogP contribution in [0.3, 0.4) is 0 Å². The van der Waals surface area contributed by atoms with Gasteiger partial charge in [-0.05, 0) is 45.1 Å². The van der Waals surface area contributed by atoms with E-state index in [1.54, 1.807) is 22.2 Å². The number of carbonyl (C=O) groups is 1. The van der Waals surface area contributed by atoms with Crippen LogP contribution in [0.1, 0.15) is 43.6 Å². The second kappa shape index (κ2) is 8.29. The molecular formula is C19H27ClN4O2S. The van der Waals surface area contributed by atoms with Crippen molar-refractivity contribution in [2.24, 2.45) is 0 Å². The summed E-state index contributed by atoms with van der Waals surface area (Å²) in [6.45, 7) is 6.13. The number of rotatable bonds is 3. The summed E-state index contributed by atoms with van der Waals surface area (Å²) in [5, 5.41) is 4.18. The topological polar surface area (TPSA) is 67.2 Å². The second-order valence-corrected chi connectivity index (χ2v) is 8.54. The highest BCUT2D eigenvalue weighted by Crippen LogP contribution is 2.33. The zero-order chi connectivity index (χ0) is 18.3. The minimum Gasteiger partial charge on any atom is -0.337 e. The highest BCUT2D eigenvalue weighted by molar-refractivity contribution is 7.18. The van der Waals surface area contributed by atoms with Gasteiger partial charge < -0.3 is 10.2 Å². The molecule has 0 radical (unpaired) electrons. The Kier molecular flexibility index (Phi) is 6.23. The van der Waals surface area contributed by atoms with E-state index in [1.165, 1.54) is 16.9 Å². The van der Waals surface area contributed by atoms with Crippen molar-refractivity contribution in [3.05, 3.63) is 27.1 Å². The van der Waals surface area contributed by atoms with Crippen LogP contribution in [0.4, 0.5) is 0 Å². The molecule has 1 saturated heterocycles. The summed E-state index contributed by atoms with van der Waals surface area (Å²) in [5.74, 6) is 0.116. The molecule has 2 atom stereocenters. The highest BCUT2D eigenvalue weighted by atomic mass is 35.5. The summed E-state index contributed by atoms with van der Waals surface area (Å²) >= 11 is 1.66. The largest absolute Gasteiger partial charge is 0.337 e. The van der Waals surface area contributed by atoms with Crippen LogP contribution < -0.4 is 10.9 Å². The van der Waals surface area contributed by atoms with E-state index in [-0.39, 0.29) is 29.9 Å². The maximum atomic E-state index is 13.0. The van der Waals surface area contributed by atoms with Crippen LogP contribution in [-0.2, 0) is 24.2 Å². The van der Waals surface area contributed by atoms with Crippen molar-refractivity contribution in [1.29, 1.82) is 0 Å². The molecule has 0 bridgehead atoms. The van der Waals surface area contributed by atoms with Crippen molar-refractivity contribution in [2.45, 2.75) is 64.6 Å². The summed E-state index contributed by atoms with van der Waals surface area (Å²) in [7, 11) is 0. The zero-order valence-electron chi connectivity index (χ0n) is 15.9. The van der Waals surface area contributed by atoms with Crippen LogP contribution in [-0.4, -0.2) is 45.5 Å². The first kappa shape index (κ1) is 20.3. The van der Waals surface area contributed by atoms with Gasteiger partial charge in [0.15, 0.2) is 0 Å². The molecule has 1 aliphatic carbocycles. The van der Waals surface area contributed by atoms with Crippen LogP contribution in [0, 0.1) is 0 Å². The Hall–Kier alpha value is -1.44. The summed E-state index contributed by atoms with van der Waals surface area (Å²) in [4.78, 5) is 34.2. The fourth-order valence-electron chi connectivity index (χ4n) is 4.11. The first-order valence-corrected chi connectivity index (χ1v) is 10.4. The summed E-state index contributed by atoms with van der Waals surface area (Å²) in [6.07, 6.45) is 6.34. The number of aromatic nitrogens is 2. The molecule has 0 spiro atoms. The van der Waals surface area contributed by atoms with Gasteiger partial charge in [0, 0.05) is 43.0 Å². The predicted octanol–water partition coefficient (Wildman–Crippen LogP) is 2.36. The lowest BCUT2D eigenvalue weighted by molar-refractivity contribution is -0.135. The van der Waals surface area contributed by atoms with Crippen molar-refractivity contribution < 1.29 is 4.79 Å². The quantitative estimate of drug-likeness (QED) is 0.843. The molecule has 1 N–H and O–H groups in total. The highest BCUT2D eigenvalue weighted by Gasteiger charge is 2.28. The molecule has 8 heteroatoms. The molecule has 1 amide bonds. The average Bonchev–Trinajstić information content (AvgIpc) is 3.02. The van der Waals surface area contributed by atoms with E-state index in [4.69, 9.17) is 0 Å². The average molecular weight is 411 g/mol. The van der Waals surface area contributed by atoms with Gasteiger partial charge in [0.05, 0.1) is 11.7 Å². The third kappa shape index (κ3) is 3.77. The molecule has 1 fully saturated rings. The molecule has 2 aromatic heterocycles. The van der Waals surface area contributed by atoms with Crippen LogP contribution in [0.5, 0.6) is 0 Å². The lowest BCUT2D eigenvalue weighted by Gasteiger charge is -2.38. The molecule has 3 heterocycles. The fourth-order valence-corrected chi connectivity index (χ4v) is 5.33. The molecule has 148 valence electrons. The standard InChI is InChI=1S/C19H26N4O2S.ClH/c1-12-13(2)23(10-8-20-12)16(24)7-9-22-11-21-18-17(19(22)25)14-5-3-4-6-15(14)26-18;/h11-13,20H,3-10H2,1-2H3;1H. The van der Waals surface area contributed by atoms with E-state index in [2.05, 4.69) is 24.1 Å². The fraction of sp³-hybridized carbons (Fsp3) is 0.632. The number of nitrogens with zero attached hydrogens (tertiary/aromatic N) is 3. The van der Waals surface area contributed by atoms with E-state index in [9.17, 15) is 9.59 Å². The van der Waals surface area contributed by atoms with Gasteiger partial charge in [0.1, 0.15) is 4.83 Å². The van der Waals surface area contributed by atoms with Crippen LogP contribution in [0.2, 0.25) is 0 Å². The van der Waals surface area contributed by atoms with E-state index >= 15 is 0 Å². The number of hydrogen-bond acceptors (Lipinski definition) is 5. The van der Waals surface area contributed by atoms with Crippen LogP contribution >= 0.6 is 23.7 Å². The van der Waals surface area contributed by atoms with Gasteiger partial charge in [-0.1, -0.05) is 0 Å². The van der Waals surface area contributed by atoms with Gasteiger partial charge in [0.25, 0.3) is 5.56 Å². The lowest BCUT2D eigenvalue weighted by atomic mass is 9.97. The van der Waals surface area contributed by atoms with Crippen molar-refractivity contribution >= 4 is 39.9 Å². The molecule has 2 aliphatic rings. The molecule has 0 aromatic carbocycles. The molecule has 27 heavy (non-hydrogen) atoms. The van der Waals surface area contributed by atoms with Gasteiger partial charge in [-0.2, -0.15) is 0 Å². The van der Waals surface area contributed by atoms with E-state index in [0.29, 0.717) is 19.0 Å². The number of fused-ring (bicyclic) bond motifs is 3. The molecule has 2 aromatic rings. The lowest BCUT2D eigenvalue weighted by Crippen LogP contribution is -2.57. The third-order valence-corrected chi connectivity index (χ3v) is 7.06. The van der Waals surface area contributed by atoms with Crippen LogP contribution in [0.25, 0.3) is 10.2 Å². The summed E-state index contributed by atoms with van der Waals surface area (Å²) in [6, 6.07) is 0.475. The number of aryl methyl sites for hydroxylation is 3. The Balaban J connectivity index is 0.00000210. The number of thiophene rings is 1. The van der Waals surface area contributed by atoms with E-state index in [0.717, 1.165) is 42.6 Å². The molecule has 1 aliphatic heterocycles. The first-order chi connectivity index (χ1) is 12.6. The normalized spacial score (nSPS) is 22.4. The smallest absolute Gasteiger partial charge is 0.262 e. The number of carbonyl (C=O) groups excluding carboxylic acids is 1. The monoisotopic (exact) mass is 410 g/mol. The summed E-state index contributed by atoms with van der Waals surface area (Å²) in [5.41, 5.74) is 1.22. The Labute approximate surface area is 169 Å². The van der Waals surface area contributed by atoms with Crippen molar-refractivity contribution in [3.63, 3.8) is 0 Å². The predicted molar refractivity (Wildman–Crippen MR) is 111 cm³/mol. The maximum absolute atomic E-state index is 13.0. The number of halogens is 1. The SMILES string of the molecule is CC1NCCN(C(=O)CCn2cnc3sc4c(c3c2=O)CCCC4)C1C.Cl. The molecule has 4 rings (SSSR count). The molecule has 6 nitrogen and oxygen atoms in total. The van der Waals surface area contributed by atoms with Gasteiger partial charge in [0.2, 0.25) is 5.91 Å². The van der Waals surface area contributed by atoms with E-state index < -0.39 is 0 Å². The van der Waals surface area contributed by atoms with Gasteiger partial charge in [-0.15, -0.1) is 23.7 Å². The minimum atomic E-state index is 0. The van der Waals surface area contributed by atoms with Gasteiger partial charge in [-0.3, -0.25) is 14.2 Å². The second-order valence-electron chi connectivity index (χ2n) is 7.45. The Morgan fingerprint density at radius 3 is 2.93 bits per heavy atom. The maximum Gasteiger partial charge on any atom is 0.262 e. The number of nitrogens with one attached hydrogen (secondary N) is 1. The van der Waals surface area contributed by atoms with E-state index in [1.807, 2.05) is 4.90 Å². The minimum absolute atomic E-state index is 0. The molecular weight excluding hydrogens is 384 g/mol. The molecule has 0 saturated carbocycles. The van der Waals surface area contributed by atoms with Gasteiger partial charge in [-0.25, -0.2) is 4.98 Å². The summed E-state index contributed by atoms with van der Waals surface area (Å²) < 4.78 is 1.62. The first-order valence-electron chi connectivity index (χ1n) is 9.59. The Bertz CT molecular complexity index is 894. The number of hydrogen-bond donors (Lipinski definition) is 1. The Morgan fingerprint density at radius 1 is 1.33 bits per heavy atom. The van der Waals surface area contributed by atoms with Crippen molar-refractivity contribution in [2.75, 3.05) is 13.1 Å². The van der Waals surface area contributed by atoms with Crippen molar-refractivity contribution in [1.82, 2.24) is 19.8 Å². The zero-order valence-corrected chi connectivity index (χ0v) is 17.5. The van der Waals surface area contributed by atoms with Gasteiger partial charge >= 0.3 is 0 Å². The Morgan fingerprint density at radius 2 is 2.11 bits per heavy atom. The molecule has 2 unspecified atom stereocenters. The number of amides is 1. The van der Waals surface area contributed by atoms with Crippen molar-refractivity contribution in [3.8, 4) is 0 Å². The third-order valence-electron chi connectivity index (χ3n) is 5.86. The number of piperazine rings is 1.